The van der Waals surface area contributed by atoms with E-state index in [2.05, 4.69) is 4.90 Å². The second-order valence-electron chi connectivity index (χ2n) is 10.6. The molecule has 0 aliphatic carbocycles. The molecule has 2 unspecified atom stereocenters. The first-order chi connectivity index (χ1) is 15.6. The number of nitrogens with zero attached hydrogens (tertiary/aromatic N) is 3. The maximum absolute atomic E-state index is 14.1. The number of fused-ring (bicyclic) bond motifs is 4. The van der Waals surface area contributed by atoms with Gasteiger partial charge in [0.25, 0.3) is 0 Å². The van der Waals surface area contributed by atoms with Crippen molar-refractivity contribution in [2.75, 3.05) is 30.2 Å². The number of halogens is 1. The second-order valence-corrected chi connectivity index (χ2v) is 12.5. The first kappa shape index (κ1) is 22.9. The first-order valence-electron chi connectivity index (χ1n) is 12.1. The Balaban J connectivity index is 1.29. The monoisotopic (exact) mass is 479 g/mol. The van der Waals surface area contributed by atoms with Gasteiger partial charge in [0.1, 0.15) is 5.82 Å². The quantitative estimate of drug-likeness (QED) is 0.664. The number of anilines is 1. The molecule has 33 heavy (non-hydrogen) atoms. The minimum Gasteiger partial charge on any atom is -0.447 e. The van der Waals surface area contributed by atoms with Gasteiger partial charge in [-0.25, -0.2) is 17.6 Å². The van der Waals surface area contributed by atoms with Crippen LogP contribution in [0.5, 0.6) is 0 Å². The Hall–Kier alpha value is -1.87. The second kappa shape index (κ2) is 8.12. The van der Waals surface area contributed by atoms with Crippen molar-refractivity contribution >= 4 is 21.8 Å². The van der Waals surface area contributed by atoms with E-state index >= 15 is 0 Å². The molecule has 0 aromatic heterocycles. The fourth-order valence-electron chi connectivity index (χ4n) is 6.64. The minimum atomic E-state index is -3.42. The Labute approximate surface area is 195 Å². The Morgan fingerprint density at radius 2 is 1.76 bits per heavy atom. The summed E-state index contributed by atoms with van der Waals surface area (Å²) in [6.07, 6.45) is 6.51. The van der Waals surface area contributed by atoms with Crippen LogP contribution in [-0.4, -0.2) is 74.4 Å². The summed E-state index contributed by atoms with van der Waals surface area (Å²) < 4.78 is 45.9. The fraction of sp³-hybridized carbons (Fsp3) is 0.708. The highest BCUT2D eigenvalue weighted by molar-refractivity contribution is 7.92. The van der Waals surface area contributed by atoms with Gasteiger partial charge in [0, 0.05) is 30.1 Å². The number of piperidine rings is 2. The van der Waals surface area contributed by atoms with E-state index in [1.165, 1.54) is 22.7 Å². The van der Waals surface area contributed by atoms with Crippen LogP contribution in [0.1, 0.15) is 57.9 Å². The maximum atomic E-state index is 14.1. The van der Waals surface area contributed by atoms with Gasteiger partial charge < -0.3 is 14.5 Å². The normalized spacial score (nSPS) is 29.1. The number of amides is 1. The van der Waals surface area contributed by atoms with Gasteiger partial charge in [-0.3, -0.25) is 4.31 Å². The number of rotatable bonds is 3. The summed E-state index contributed by atoms with van der Waals surface area (Å²) in [5.74, 6) is -0.317. The number of hydrogen-bond donors (Lipinski definition) is 0. The van der Waals surface area contributed by atoms with Crippen molar-refractivity contribution in [1.82, 2.24) is 9.80 Å². The molecule has 4 aliphatic rings. The van der Waals surface area contributed by atoms with Crippen molar-refractivity contribution in [3.63, 3.8) is 0 Å². The number of carbonyl (C=O) groups excluding carboxylic acids is 1. The van der Waals surface area contributed by atoms with Gasteiger partial charge in [0.2, 0.25) is 10.0 Å². The van der Waals surface area contributed by atoms with Crippen LogP contribution in [-0.2, 0) is 20.2 Å². The van der Waals surface area contributed by atoms with E-state index in [4.69, 9.17) is 4.74 Å². The third kappa shape index (κ3) is 4.01. The summed E-state index contributed by atoms with van der Waals surface area (Å²) in [4.78, 5) is 17.1. The van der Waals surface area contributed by atoms with Crippen molar-refractivity contribution in [3.8, 4) is 0 Å². The zero-order valence-corrected chi connectivity index (χ0v) is 20.5. The molecule has 0 saturated carbocycles. The number of hydrogen-bond acceptors (Lipinski definition) is 5. The Kier molecular flexibility index (Phi) is 5.63. The summed E-state index contributed by atoms with van der Waals surface area (Å²) in [7, 11) is -3.42. The van der Waals surface area contributed by atoms with Crippen LogP contribution < -0.4 is 4.31 Å². The van der Waals surface area contributed by atoms with Gasteiger partial charge in [-0.2, -0.15) is 0 Å². The average Bonchev–Trinajstić information content (AvgIpc) is 3.19. The lowest BCUT2D eigenvalue weighted by molar-refractivity contribution is 0.0177. The summed E-state index contributed by atoms with van der Waals surface area (Å²) in [5.41, 5.74) is 1.12. The molecule has 0 N–H and O–H groups in total. The van der Waals surface area contributed by atoms with Crippen LogP contribution in [0.25, 0.3) is 0 Å². The fourth-order valence-corrected chi connectivity index (χ4v) is 7.64. The SMILES string of the molecule is CC(C)OC(=O)N1C2CCC1CC(N1CCC3(CC1)CN(S(C)(=O)=O)c1ccc(F)cc13)C2. The number of likely N-dealkylation sites (tertiary alicyclic amines) is 1. The van der Waals surface area contributed by atoms with Crippen LogP contribution in [0.4, 0.5) is 14.9 Å². The Morgan fingerprint density at radius 1 is 1.12 bits per heavy atom. The zero-order valence-electron chi connectivity index (χ0n) is 19.7. The van der Waals surface area contributed by atoms with Crippen LogP contribution in [0, 0.1) is 5.82 Å². The Morgan fingerprint density at radius 3 is 2.33 bits per heavy atom. The molecule has 1 aromatic carbocycles. The molecule has 1 aromatic rings. The summed E-state index contributed by atoms with van der Waals surface area (Å²) in [6, 6.07) is 5.38. The maximum Gasteiger partial charge on any atom is 0.410 e. The minimum absolute atomic E-state index is 0.112. The molecule has 4 heterocycles. The van der Waals surface area contributed by atoms with E-state index in [9.17, 15) is 17.6 Å². The van der Waals surface area contributed by atoms with Crippen molar-refractivity contribution in [1.29, 1.82) is 0 Å². The molecule has 3 fully saturated rings. The zero-order chi connectivity index (χ0) is 23.5. The van der Waals surface area contributed by atoms with Crippen LogP contribution in [0.3, 0.4) is 0 Å². The predicted octanol–water partition coefficient (Wildman–Crippen LogP) is 3.48. The average molecular weight is 480 g/mol. The number of benzene rings is 1. The Bertz CT molecular complexity index is 1020. The van der Waals surface area contributed by atoms with Crippen LogP contribution >= 0.6 is 0 Å². The lowest BCUT2D eigenvalue weighted by Gasteiger charge is -2.47. The largest absolute Gasteiger partial charge is 0.447 e. The van der Waals surface area contributed by atoms with Crippen molar-refractivity contribution in [3.05, 3.63) is 29.6 Å². The lowest BCUT2D eigenvalue weighted by Crippen LogP contribution is -2.55. The summed E-state index contributed by atoms with van der Waals surface area (Å²) in [6.45, 7) is 5.87. The van der Waals surface area contributed by atoms with Gasteiger partial charge in [-0.1, -0.05) is 0 Å². The third-order valence-corrected chi connectivity index (χ3v) is 9.30. The van der Waals surface area contributed by atoms with Crippen molar-refractivity contribution in [2.24, 2.45) is 0 Å². The smallest absolute Gasteiger partial charge is 0.410 e. The molecule has 3 saturated heterocycles. The van der Waals surface area contributed by atoms with E-state index in [-0.39, 0.29) is 35.5 Å². The number of ether oxygens (including phenoxy) is 1. The molecule has 0 radical (unpaired) electrons. The van der Waals surface area contributed by atoms with Crippen LogP contribution in [0.2, 0.25) is 0 Å². The van der Waals surface area contributed by atoms with Gasteiger partial charge in [-0.15, -0.1) is 0 Å². The van der Waals surface area contributed by atoms with E-state index in [1.54, 1.807) is 6.07 Å². The van der Waals surface area contributed by atoms with E-state index < -0.39 is 10.0 Å². The summed E-state index contributed by atoms with van der Waals surface area (Å²) in [5, 5.41) is 0. The van der Waals surface area contributed by atoms with Crippen molar-refractivity contribution < 1.29 is 22.3 Å². The highest BCUT2D eigenvalue weighted by Crippen LogP contribution is 2.49. The standard InChI is InChI=1S/C24H34FN3O4S/c1-16(2)32-23(29)28-18-5-6-19(28)14-20(13-18)26-10-8-24(9-11-26)15-27(33(3,30)31)22-7-4-17(25)12-21(22)24/h4,7,12,16,18-20H,5-6,8-11,13-15H2,1-3H3. The highest BCUT2D eigenvalue weighted by atomic mass is 32.2. The highest BCUT2D eigenvalue weighted by Gasteiger charge is 2.50. The van der Waals surface area contributed by atoms with E-state index in [1.807, 2.05) is 18.7 Å². The van der Waals surface area contributed by atoms with Crippen molar-refractivity contribution in [2.45, 2.75) is 82.0 Å². The molecule has 9 heteroatoms. The van der Waals surface area contributed by atoms with E-state index in [0.29, 0.717) is 18.3 Å². The molecule has 5 rings (SSSR count). The van der Waals surface area contributed by atoms with Gasteiger partial charge in [-0.05, 0) is 89.2 Å². The van der Waals surface area contributed by atoms with E-state index in [0.717, 1.165) is 57.2 Å². The van der Waals surface area contributed by atoms with Gasteiger partial charge in [0.05, 0.1) is 18.0 Å². The molecule has 1 spiro atoms. The third-order valence-electron chi connectivity index (χ3n) is 8.17. The topological polar surface area (TPSA) is 70.2 Å². The molecule has 4 aliphatic heterocycles. The van der Waals surface area contributed by atoms with Crippen LogP contribution in [0.15, 0.2) is 18.2 Å². The molecule has 2 bridgehead atoms. The first-order valence-corrected chi connectivity index (χ1v) is 13.9. The predicted molar refractivity (Wildman–Crippen MR) is 124 cm³/mol. The number of carbonyl (C=O) groups is 1. The van der Waals surface area contributed by atoms with Gasteiger partial charge in [0.15, 0.2) is 0 Å². The molecule has 1 amide bonds. The molecular formula is C24H34FN3O4S. The molecular weight excluding hydrogens is 445 g/mol. The van der Waals surface area contributed by atoms with Gasteiger partial charge >= 0.3 is 6.09 Å². The molecule has 7 nitrogen and oxygen atoms in total. The molecule has 2 atom stereocenters. The number of sulfonamides is 1. The lowest BCUT2D eigenvalue weighted by atomic mass is 9.73. The molecule has 182 valence electrons. The summed E-state index contributed by atoms with van der Waals surface area (Å²) >= 11 is 0.